The number of aliphatic hydroxyl groups is 2. The molecule has 0 aliphatic heterocycles. The average molecular weight is 1810 g/mol. The van der Waals surface area contributed by atoms with E-state index in [2.05, 4.69) is 215 Å². The monoisotopic (exact) mass is 1810 g/mol. The fourth-order valence-corrected chi connectivity index (χ4v) is 11.5. The number of pyridine rings is 5. The third kappa shape index (κ3) is 20.9. The number of aromatic nitrogens is 5. The SMILES string of the molecule is CO.CO.Cc1ccnc(-c2[c-]ccc3c2oc2c(C(C)C)cccc23)c1.Cc1ccnc(-c2[c-]ccc3c2oc2c(C(C)C)cccc23)c1.Cc1ccnc(-c2[c-]ccc3c2oc2c(C(C)C)cccc23)c1.O=S(=O)([O-])C(F)(F)F.[Ir+3].[Ir].[c-]1ccccc1-c1ccccn1.c1ccc(-c2ccccn2)cc1. The van der Waals surface area contributed by atoms with Crippen LogP contribution in [0.4, 0.5) is 13.2 Å². The van der Waals surface area contributed by atoms with Crippen molar-refractivity contribution in [1.82, 2.24) is 24.9 Å². The molecule has 0 aliphatic carbocycles. The van der Waals surface area contributed by atoms with Gasteiger partial charge >= 0.3 is 25.6 Å². The molecule has 19 heteroatoms. The fraction of sp³-hybridized carbons (Fsp3) is 0.170. The first-order valence-electron chi connectivity index (χ1n) is 33.8. The van der Waals surface area contributed by atoms with Crippen molar-refractivity contribution in [3.05, 3.63) is 307 Å². The number of fused-ring (bicyclic) bond motifs is 9. The topological polar surface area (TPSA) is 202 Å². The van der Waals surface area contributed by atoms with Crippen LogP contribution >= 0.6 is 0 Å². The second-order valence-corrected chi connectivity index (χ2v) is 26.2. The summed E-state index contributed by atoms with van der Waals surface area (Å²) in [5, 5.41) is 20.9. The molecule has 0 spiro atoms. The molecule has 0 bridgehead atoms. The van der Waals surface area contributed by atoms with E-state index in [-0.39, 0.29) is 40.2 Å². The van der Waals surface area contributed by atoms with Crippen LogP contribution in [-0.4, -0.2) is 67.8 Å². The smallest absolute Gasteiger partial charge is 0.741 e. The van der Waals surface area contributed by atoms with Gasteiger partial charge in [-0.15, -0.1) is 90.5 Å². The van der Waals surface area contributed by atoms with Crippen molar-refractivity contribution in [2.24, 2.45) is 0 Å². The minimum atomic E-state index is -6.09. The quantitative estimate of drug-likeness (QED) is 0.0827. The van der Waals surface area contributed by atoms with Crippen molar-refractivity contribution in [1.29, 1.82) is 0 Å². The van der Waals surface area contributed by atoms with Gasteiger partial charge in [-0.3, -0.25) is 4.98 Å². The van der Waals surface area contributed by atoms with Crippen molar-refractivity contribution < 1.29 is 89.8 Å². The predicted octanol–water partition coefficient (Wildman–Crippen LogP) is 22.2. The number of halogens is 3. The normalized spacial score (nSPS) is 10.8. The van der Waals surface area contributed by atoms with Gasteiger partial charge in [0.25, 0.3) is 0 Å². The van der Waals surface area contributed by atoms with E-state index in [1.807, 2.05) is 140 Å². The second kappa shape index (κ2) is 39.4. The zero-order chi connectivity index (χ0) is 75.4. The van der Waals surface area contributed by atoms with Gasteiger partial charge in [0.15, 0.2) is 10.1 Å². The molecule has 0 aliphatic rings. The molecule has 1 radical (unpaired) electrons. The van der Waals surface area contributed by atoms with Gasteiger partial charge in [0, 0.05) is 87.0 Å². The van der Waals surface area contributed by atoms with Crippen LogP contribution in [0.25, 0.3) is 122 Å². The molecule has 0 saturated heterocycles. The Kier molecular flexibility index (Phi) is 31.0. The minimum absolute atomic E-state index is 0. The number of rotatable bonds is 8. The molecular formula is C88H79F3Ir2N5O8S-2. The average Bonchev–Trinajstić information content (AvgIpc) is 1.62. The number of furan rings is 3. The molecule has 0 amide bonds. The van der Waals surface area contributed by atoms with Crippen molar-refractivity contribution >= 4 is 75.9 Å². The molecule has 551 valence electrons. The third-order valence-electron chi connectivity index (χ3n) is 16.5. The third-order valence-corrected chi connectivity index (χ3v) is 17.1. The predicted molar refractivity (Wildman–Crippen MR) is 414 cm³/mol. The number of hydrogen-bond acceptors (Lipinski definition) is 13. The maximum Gasteiger partial charge on any atom is 3.00 e. The van der Waals surface area contributed by atoms with Crippen molar-refractivity contribution in [2.45, 2.75) is 85.6 Å². The van der Waals surface area contributed by atoms with Crippen LogP contribution in [0, 0.1) is 45.0 Å². The van der Waals surface area contributed by atoms with Gasteiger partial charge in [-0.2, -0.15) is 13.2 Å². The molecule has 8 aromatic carbocycles. The first kappa shape index (κ1) is 84.1. The van der Waals surface area contributed by atoms with Gasteiger partial charge in [0.2, 0.25) is 0 Å². The maximum atomic E-state index is 10.7. The number of nitrogens with zero attached hydrogens (tertiary/aromatic N) is 5. The van der Waals surface area contributed by atoms with Crippen LogP contribution in [0.3, 0.4) is 0 Å². The molecule has 0 fully saturated rings. The Hall–Kier alpha value is -10.2. The summed E-state index contributed by atoms with van der Waals surface area (Å²) in [5.74, 6) is 1.26. The van der Waals surface area contributed by atoms with E-state index < -0.39 is 15.6 Å². The van der Waals surface area contributed by atoms with E-state index in [0.29, 0.717) is 17.8 Å². The molecule has 16 rings (SSSR count). The van der Waals surface area contributed by atoms with Crippen molar-refractivity contribution in [3.63, 3.8) is 0 Å². The summed E-state index contributed by atoms with van der Waals surface area (Å²) in [4.78, 5) is 22.0. The Morgan fingerprint density at radius 2 is 0.692 bits per heavy atom. The maximum absolute atomic E-state index is 10.7. The largest absolute Gasteiger partial charge is 3.00 e. The van der Waals surface area contributed by atoms with Gasteiger partial charge in [0.05, 0.1) is 22.4 Å². The summed E-state index contributed by atoms with van der Waals surface area (Å²) in [6.07, 6.45) is 9.09. The standard InChI is InChI=1S/3C21H18NO.C11H9N.C11H8N.CHF3O3S.2CH4O.2Ir/c3*1-13(2)15-6-4-7-16-17-8-5-9-18(21(17)23-20(15)16)19-12-14(3)10-11-22-19;2*1-2-6-10(7-3-1)11-8-4-5-9-12-11;2-1(3,4)8(5,6)7;2*1-2;;/h3*4-8,10-13H,1-3H3;1-9H;1-6,8-9H;(H,5,6,7);2*2H,1H3;;/q3*-1;;-1;;;;;+3/p-1. The van der Waals surface area contributed by atoms with Gasteiger partial charge in [0.1, 0.15) is 16.7 Å². The van der Waals surface area contributed by atoms with E-state index in [0.717, 1.165) is 136 Å². The zero-order valence-corrected chi connectivity index (χ0v) is 66.3. The zero-order valence-electron chi connectivity index (χ0n) is 60.7. The van der Waals surface area contributed by atoms with E-state index in [9.17, 15) is 13.2 Å². The van der Waals surface area contributed by atoms with Gasteiger partial charge in [-0.25, -0.2) is 8.42 Å². The summed E-state index contributed by atoms with van der Waals surface area (Å²) in [6.45, 7) is 19.4. The Bertz CT molecular complexity index is 5060. The summed E-state index contributed by atoms with van der Waals surface area (Å²) in [5.41, 5.74) is 16.8. The van der Waals surface area contributed by atoms with Crippen LogP contribution in [0.5, 0.6) is 0 Å². The van der Waals surface area contributed by atoms with E-state index in [1.54, 1.807) is 6.20 Å². The molecule has 0 unspecified atom stereocenters. The van der Waals surface area contributed by atoms with E-state index in [4.69, 9.17) is 36.4 Å². The van der Waals surface area contributed by atoms with Crippen LogP contribution < -0.4 is 0 Å². The molecule has 13 nitrogen and oxygen atoms in total. The number of aryl methyl sites for hydroxylation is 3. The van der Waals surface area contributed by atoms with Crippen LogP contribution in [0.2, 0.25) is 0 Å². The molecule has 2 N–H and O–H groups in total. The first-order chi connectivity index (χ1) is 50.6. The first-order valence-corrected chi connectivity index (χ1v) is 35.2. The number of benzene rings is 8. The summed E-state index contributed by atoms with van der Waals surface area (Å²) < 4.78 is 77.8. The Morgan fingerprint density at radius 1 is 0.374 bits per heavy atom. The summed E-state index contributed by atoms with van der Waals surface area (Å²) >= 11 is 0. The van der Waals surface area contributed by atoms with Crippen LogP contribution in [0.1, 0.15) is 92.7 Å². The Morgan fingerprint density at radius 3 is 0.991 bits per heavy atom. The van der Waals surface area contributed by atoms with Gasteiger partial charge in [-0.1, -0.05) is 212 Å². The van der Waals surface area contributed by atoms with Crippen LogP contribution in [0.15, 0.2) is 263 Å². The van der Waals surface area contributed by atoms with Crippen molar-refractivity contribution in [2.75, 3.05) is 14.2 Å². The van der Waals surface area contributed by atoms with Gasteiger partial charge < -0.3 is 48.0 Å². The van der Waals surface area contributed by atoms with E-state index in [1.165, 1.54) is 33.4 Å². The number of aliphatic hydroxyl groups excluding tert-OH is 2. The summed E-state index contributed by atoms with van der Waals surface area (Å²) in [6, 6.07) is 86.3. The molecule has 107 heavy (non-hydrogen) atoms. The second-order valence-electron chi connectivity index (χ2n) is 24.9. The number of alkyl halides is 3. The molecule has 16 aromatic rings. The number of para-hydroxylation sites is 3. The molecular weight excluding hydrogens is 1730 g/mol. The van der Waals surface area contributed by atoms with Crippen LogP contribution in [-0.2, 0) is 50.3 Å². The fourth-order valence-electron chi connectivity index (χ4n) is 11.5. The van der Waals surface area contributed by atoms with E-state index >= 15 is 0 Å². The van der Waals surface area contributed by atoms with Crippen molar-refractivity contribution in [3.8, 4) is 56.3 Å². The molecule has 8 aromatic heterocycles. The van der Waals surface area contributed by atoms with Gasteiger partial charge in [-0.05, 0) is 114 Å². The Balaban J connectivity index is 0.000000182. The molecule has 8 heterocycles. The Labute approximate surface area is 649 Å². The summed E-state index contributed by atoms with van der Waals surface area (Å²) in [7, 11) is -4.09. The number of hydrogen-bond donors (Lipinski definition) is 2. The molecule has 0 saturated carbocycles. The minimum Gasteiger partial charge on any atom is -0.741 e. The molecule has 0 atom stereocenters.